The summed E-state index contributed by atoms with van der Waals surface area (Å²) in [6.45, 7) is 5.25. The van der Waals surface area contributed by atoms with E-state index in [-0.39, 0.29) is 11.3 Å². The van der Waals surface area contributed by atoms with Gasteiger partial charge in [-0.3, -0.25) is 4.79 Å². The second-order valence-electron chi connectivity index (χ2n) is 2.89. The third kappa shape index (κ3) is 4.36. The third-order valence-corrected chi connectivity index (χ3v) is 1.12. The van der Waals surface area contributed by atoms with Crippen molar-refractivity contribution in [2.45, 2.75) is 32.7 Å². The van der Waals surface area contributed by atoms with Crippen molar-refractivity contribution in [3.05, 3.63) is 0 Å². The van der Waals surface area contributed by atoms with Gasteiger partial charge in [0, 0.05) is 6.42 Å². The van der Waals surface area contributed by atoms with Gasteiger partial charge in [-0.05, 0) is 33.0 Å². The van der Waals surface area contributed by atoms with Gasteiger partial charge in [-0.15, -0.1) is 0 Å². The van der Waals surface area contributed by atoms with E-state index in [0.717, 1.165) is 0 Å². The Hall–Kier alpha value is -0.530. The van der Waals surface area contributed by atoms with Crippen molar-refractivity contribution in [2.75, 3.05) is 0 Å². The zero-order valence-electron chi connectivity index (χ0n) is 6.47. The maximum atomic E-state index is 10.6. The fourth-order valence-corrected chi connectivity index (χ4v) is 1.02. The molecule has 0 fully saturated rings. The predicted octanol–water partition coefficient (Wildman–Crippen LogP) is 1.85. The highest BCUT2D eigenvalue weighted by Crippen LogP contribution is 2.13. The summed E-state index contributed by atoms with van der Waals surface area (Å²) >= 11 is 4.42. The van der Waals surface area contributed by atoms with Crippen LogP contribution in [0.1, 0.15) is 27.2 Å². The normalized spacial score (nSPS) is 10.3. The summed E-state index contributed by atoms with van der Waals surface area (Å²) in [6, 6.07) is 0. The number of rotatable bonds is 3. The van der Waals surface area contributed by atoms with Gasteiger partial charge in [0.2, 0.25) is 0 Å². The van der Waals surface area contributed by atoms with E-state index < -0.39 is 0 Å². The SMILES string of the molecule is CC(=O)CC(C)(C)N=C=S. The number of Topliss-reactive ketones (excluding diaryl/α,β-unsaturated/α-hetero) is 1. The number of nitrogens with zero attached hydrogens (tertiary/aromatic N) is 1. The smallest absolute Gasteiger partial charge is 0.132 e. The average molecular weight is 157 g/mol. The van der Waals surface area contributed by atoms with Crippen molar-refractivity contribution in [3.8, 4) is 0 Å². The summed E-state index contributed by atoms with van der Waals surface area (Å²) in [4.78, 5) is 14.5. The molecule has 0 heterocycles. The summed E-state index contributed by atoms with van der Waals surface area (Å²) in [7, 11) is 0. The molecule has 0 saturated heterocycles. The summed E-state index contributed by atoms with van der Waals surface area (Å²) < 4.78 is 0. The van der Waals surface area contributed by atoms with E-state index in [4.69, 9.17) is 0 Å². The van der Waals surface area contributed by atoms with Gasteiger partial charge >= 0.3 is 0 Å². The van der Waals surface area contributed by atoms with Crippen LogP contribution in [0.15, 0.2) is 4.99 Å². The fourth-order valence-electron chi connectivity index (χ4n) is 0.772. The van der Waals surface area contributed by atoms with Crippen LogP contribution < -0.4 is 0 Å². The Balaban J connectivity index is 4.12. The molecule has 0 aliphatic heterocycles. The van der Waals surface area contributed by atoms with Crippen LogP contribution in [-0.4, -0.2) is 16.5 Å². The first kappa shape index (κ1) is 9.47. The standard InChI is InChI=1S/C7H11NOS/c1-6(9)4-7(2,3)8-5-10/h4H2,1-3H3. The molecule has 0 atom stereocenters. The van der Waals surface area contributed by atoms with Crippen LogP contribution in [0.4, 0.5) is 0 Å². The van der Waals surface area contributed by atoms with Gasteiger partial charge in [0.15, 0.2) is 0 Å². The van der Waals surface area contributed by atoms with E-state index in [0.29, 0.717) is 6.42 Å². The Morgan fingerprint density at radius 2 is 2.20 bits per heavy atom. The zero-order chi connectivity index (χ0) is 8.20. The Morgan fingerprint density at radius 3 is 2.50 bits per heavy atom. The molecule has 0 amide bonds. The Labute approximate surface area is 66.3 Å². The van der Waals surface area contributed by atoms with Crippen LogP contribution in [-0.2, 0) is 4.79 Å². The van der Waals surface area contributed by atoms with E-state index >= 15 is 0 Å². The van der Waals surface area contributed by atoms with Crippen molar-refractivity contribution in [1.29, 1.82) is 0 Å². The van der Waals surface area contributed by atoms with Crippen LogP contribution in [0, 0.1) is 0 Å². The van der Waals surface area contributed by atoms with Crippen LogP contribution in [0.5, 0.6) is 0 Å². The highest BCUT2D eigenvalue weighted by atomic mass is 32.1. The zero-order valence-corrected chi connectivity index (χ0v) is 7.29. The number of aliphatic imine (C=N–C) groups is 1. The monoisotopic (exact) mass is 157 g/mol. The lowest BCUT2D eigenvalue weighted by atomic mass is 10.00. The number of carbonyl (C=O) groups excluding carboxylic acids is 1. The van der Waals surface area contributed by atoms with Gasteiger partial charge < -0.3 is 0 Å². The van der Waals surface area contributed by atoms with Crippen molar-refractivity contribution in [2.24, 2.45) is 4.99 Å². The Bertz CT molecular complexity index is 180. The molecule has 0 radical (unpaired) electrons. The number of carbonyl (C=O) groups is 1. The van der Waals surface area contributed by atoms with Gasteiger partial charge in [-0.25, -0.2) is 4.99 Å². The molecule has 2 nitrogen and oxygen atoms in total. The van der Waals surface area contributed by atoms with Gasteiger partial charge in [-0.2, -0.15) is 0 Å². The third-order valence-electron chi connectivity index (χ3n) is 1.03. The highest BCUT2D eigenvalue weighted by molar-refractivity contribution is 7.78. The first-order valence-electron chi connectivity index (χ1n) is 3.06. The summed E-state index contributed by atoms with van der Waals surface area (Å²) in [6.07, 6.45) is 0.427. The predicted molar refractivity (Wildman–Crippen MR) is 44.4 cm³/mol. The van der Waals surface area contributed by atoms with E-state index in [1.807, 2.05) is 13.8 Å². The molecule has 0 N–H and O–H groups in total. The molecule has 0 unspecified atom stereocenters. The Kier molecular flexibility index (Phi) is 3.40. The van der Waals surface area contributed by atoms with Gasteiger partial charge in [0.1, 0.15) is 5.78 Å². The van der Waals surface area contributed by atoms with Crippen LogP contribution in [0.3, 0.4) is 0 Å². The van der Waals surface area contributed by atoms with Crippen molar-refractivity contribution < 1.29 is 4.79 Å². The number of thiocarbonyl (C=S) groups is 1. The molecule has 0 aliphatic rings. The highest BCUT2D eigenvalue weighted by Gasteiger charge is 2.17. The molecule has 3 heteroatoms. The molecule has 0 saturated carbocycles. The lowest BCUT2D eigenvalue weighted by Crippen LogP contribution is -2.19. The first-order chi connectivity index (χ1) is 4.48. The second-order valence-corrected chi connectivity index (χ2v) is 3.08. The first-order valence-corrected chi connectivity index (χ1v) is 3.47. The Morgan fingerprint density at radius 1 is 1.70 bits per heavy atom. The molecule has 56 valence electrons. The molecule has 0 aromatic rings. The molecule has 0 aromatic carbocycles. The molecule has 10 heavy (non-hydrogen) atoms. The van der Waals surface area contributed by atoms with Crippen LogP contribution in [0.2, 0.25) is 0 Å². The van der Waals surface area contributed by atoms with Gasteiger partial charge in [0.25, 0.3) is 0 Å². The minimum atomic E-state index is -0.367. The number of isothiocyanates is 1. The van der Waals surface area contributed by atoms with Gasteiger partial charge in [-0.1, -0.05) is 0 Å². The maximum Gasteiger partial charge on any atom is 0.132 e. The largest absolute Gasteiger partial charge is 0.300 e. The lowest BCUT2D eigenvalue weighted by molar-refractivity contribution is -0.117. The minimum Gasteiger partial charge on any atom is -0.300 e. The van der Waals surface area contributed by atoms with E-state index in [1.165, 1.54) is 0 Å². The van der Waals surface area contributed by atoms with Crippen molar-refractivity contribution in [3.63, 3.8) is 0 Å². The molecule has 0 bridgehead atoms. The van der Waals surface area contributed by atoms with E-state index in [2.05, 4.69) is 22.4 Å². The lowest BCUT2D eigenvalue weighted by Gasteiger charge is -2.14. The molecule has 0 aromatic heterocycles. The number of hydrogen-bond acceptors (Lipinski definition) is 3. The molecule has 0 rings (SSSR count). The summed E-state index contributed by atoms with van der Waals surface area (Å²) in [5, 5.41) is 2.27. The van der Waals surface area contributed by atoms with Crippen molar-refractivity contribution in [1.82, 2.24) is 0 Å². The molecule has 0 aliphatic carbocycles. The summed E-state index contributed by atoms with van der Waals surface area (Å²) in [5.74, 6) is 0.124. The second kappa shape index (κ2) is 3.59. The van der Waals surface area contributed by atoms with E-state index in [1.54, 1.807) is 6.92 Å². The van der Waals surface area contributed by atoms with E-state index in [9.17, 15) is 4.79 Å². The quantitative estimate of drug-likeness (QED) is 0.462. The fraction of sp³-hybridized carbons (Fsp3) is 0.714. The molecule has 0 spiro atoms. The van der Waals surface area contributed by atoms with Crippen molar-refractivity contribution >= 4 is 23.2 Å². The van der Waals surface area contributed by atoms with Crippen LogP contribution in [0.25, 0.3) is 0 Å². The van der Waals surface area contributed by atoms with Crippen LogP contribution >= 0.6 is 12.2 Å². The molecular formula is C7H11NOS. The number of hydrogen-bond donors (Lipinski definition) is 0. The minimum absolute atomic E-state index is 0.124. The molecular weight excluding hydrogens is 146 g/mol. The number of ketones is 1. The summed E-state index contributed by atoms with van der Waals surface area (Å²) in [5.41, 5.74) is -0.367. The average Bonchev–Trinajstić information content (AvgIpc) is 1.59. The topological polar surface area (TPSA) is 29.4 Å². The van der Waals surface area contributed by atoms with Gasteiger partial charge in [0.05, 0.1) is 10.7 Å². The maximum absolute atomic E-state index is 10.6.